The van der Waals surface area contributed by atoms with Crippen LogP contribution in [0, 0.1) is 0 Å². The number of aliphatic imine (C=N–C) groups is 1. The second kappa shape index (κ2) is 12.9. The van der Waals surface area contributed by atoms with Crippen molar-refractivity contribution in [2.75, 3.05) is 26.2 Å². The number of halogens is 1. The maximum absolute atomic E-state index is 11.8. The van der Waals surface area contributed by atoms with E-state index in [1.165, 1.54) is 11.1 Å². The first kappa shape index (κ1) is 23.7. The molecule has 1 heterocycles. The molecule has 0 bridgehead atoms. The summed E-state index contributed by atoms with van der Waals surface area (Å²) in [5.41, 5.74) is 2.35. The molecule has 1 amide bonds. The Morgan fingerprint density at radius 2 is 2.00 bits per heavy atom. The lowest BCUT2D eigenvalue weighted by molar-refractivity contribution is -0.129. The van der Waals surface area contributed by atoms with Gasteiger partial charge in [-0.2, -0.15) is 0 Å². The standard InChI is InChI=1S/C20H32N4O2.HI/c1-4-19(25)24-12-11-18(14-24)23-20(21-5-2)22-13-16-9-7-8-10-17(16)15-26-6-3;/h7-10,18H,4-6,11-15H2,1-3H3,(H2,21,22,23);1H. The minimum Gasteiger partial charge on any atom is -0.377 e. The fourth-order valence-electron chi connectivity index (χ4n) is 3.07. The molecule has 1 aromatic carbocycles. The number of nitrogens with one attached hydrogen (secondary N) is 2. The zero-order valence-electron chi connectivity index (χ0n) is 16.7. The van der Waals surface area contributed by atoms with Gasteiger partial charge in [-0.1, -0.05) is 31.2 Å². The van der Waals surface area contributed by atoms with E-state index in [0.717, 1.165) is 32.0 Å². The summed E-state index contributed by atoms with van der Waals surface area (Å²) in [6, 6.07) is 8.50. The van der Waals surface area contributed by atoms with Crippen LogP contribution >= 0.6 is 24.0 Å². The summed E-state index contributed by atoms with van der Waals surface area (Å²) in [7, 11) is 0. The zero-order valence-corrected chi connectivity index (χ0v) is 19.0. The fourth-order valence-corrected chi connectivity index (χ4v) is 3.07. The number of rotatable bonds is 8. The molecule has 1 atom stereocenters. The van der Waals surface area contributed by atoms with Crippen LogP contribution in [0.2, 0.25) is 0 Å². The predicted octanol–water partition coefficient (Wildman–Crippen LogP) is 2.91. The molecule has 2 N–H and O–H groups in total. The third-order valence-electron chi connectivity index (χ3n) is 4.52. The lowest BCUT2D eigenvalue weighted by Crippen LogP contribution is -2.45. The molecule has 1 aliphatic rings. The van der Waals surface area contributed by atoms with Gasteiger partial charge in [-0.25, -0.2) is 4.99 Å². The molecule has 0 spiro atoms. The number of nitrogens with zero attached hydrogens (tertiary/aromatic N) is 2. The number of amides is 1. The number of benzene rings is 1. The van der Waals surface area contributed by atoms with Crippen LogP contribution in [0.1, 0.15) is 44.7 Å². The van der Waals surface area contributed by atoms with Crippen LogP contribution in [-0.4, -0.2) is 49.0 Å². The van der Waals surface area contributed by atoms with Gasteiger partial charge in [0.05, 0.1) is 13.2 Å². The molecular formula is C20H33IN4O2. The Hall–Kier alpha value is -1.35. The Bertz CT molecular complexity index is 609. The first-order chi connectivity index (χ1) is 12.7. The van der Waals surface area contributed by atoms with Crippen molar-refractivity contribution in [3.05, 3.63) is 35.4 Å². The Morgan fingerprint density at radius 1 is 1.26 bits per heavy atom. The van der Waals surface area contributed by atoms with Gasteiger partial charge in [-0.3, -0.25) is 4.79 Å². The third-order valence-corrected chi connectivity index (χ3v) is 4.52. The Morgan fingerprint density at radius 3 is 2.67 bits per heavy atom. The summed E-state index contributed by atoms with van der Waals surface area (Å²) in [4.78, 5) is 18.5. The van der Waals surface area contributed by atoms with Gasteiger partial charge >= 0.3 is 0 Å². The van der Waals surface area contributed by atoms with E-state index in [1.807, 2.05) is 30.9 Å². The highest BCUT2D eigenvalue weighted by Crippen LogP contribution is 2.13. The van der Waals surface area contributed by atoms with Crippen molar-refractivity contribution in [2.45, 2.75) is 52.8 Å². The number of hydrogen-bond acceptors (Lipinski definition) is 3. The fraction of sp³-hybridized carbons (Fsp3) is 0.600. The van der Waals surface area contributed by atoms with Crippen molar-refractivity contribution in [3.63, 3.8) is 0 Å². The first-order valence-electron chi connectivity index (χ1n) is 9.65. The summed E-state index contributed by atoms with van der Waals surface area (Å²) in [5.74, 6) is 1.02. The maximum Gasteiger partial charge on any atom is 0.222 e. The molecule has 0 radical (unpaired) electrons. The first-order valence-corrected chi connectivity index (χ1v) is 9.65. The number of carbonyl (C=O) groups is 1. The average molecular weight is 488 g/mol. The Labute approximate surface area is 180 Å². The molecule has 2 rings (SSSR count). The van der Waals surface area contributed by atoms with Crippen LogP contribution in [0.15, 0.2) is 29.3 Å². The highest BCUT2D eigenvalue weighted by molar-refractivity contribution is 14.0. The molecule has 1 aliphatic heterocycles. The van der Waals surface area contributed by atoms with Gasteiger partial charge in [-0.05, 0) is 31.4 Å². The molecule has 27 heavy (non-hydrogen) atoms. The minimum atomic E-state index is 0. The number of hydrogen-bond donors (Lipinski definition) is 2. The quantitative estimate of drug-likeness (QED) is 0.336. The molecule has 1 unspecified atom stereocenters. The molecule has 1 saturated heterocycles. The molecule has 152 valence electrons. The van der Waals surface area contributed by atoms with Crippen LogP contribution in [0.5, 0.6) is 0 Å². The number of ether oxygens (including phenoxy) is 1. The molecular weight excluding hydrogens is 455 g/mol. The van der Waals surface area contributed by atoms with E-state index in [4.69, 9.17) is 9.73 Å². The summed E-state index contributed by atoms with van der Waals surface area (Å²) >= 11 is 0. The molecule has 0 aliphatic carbocycles. The SMILES string of the molecule is CCNC(=NCc1ccccc1COCC)NC1CCN(C(=O)CC)C1.I. The van der Waals surface area contributed by atoms with Gasteiger partial charge < -0.3 is 20.3 Å². The second-order valence-corrected chi connectivity index (χ2v) is 6.42. The van der Waals surface area contributed by atoms with E-state index in [0.29, 0.717) is 26.2 Å². The van der Waals surface area contributed by atoms with Crippen molar-refractivity contribution in [3.8, 4) is 0 Å². The summed E-state index contributed by atoms with van der Waals surface area (Å²) in [6.07, 6.45) is 1.52. The van der Waals surface area contributed by atoms with Gasteiger partial charge in [0.25, 0.3) is 0 Å². The lowest BCUT2D eigenvalue weighted by atomic mass is 10.1. The van der Waals surface area contributed by atoms with E-state index in [2.05, 4.69) is 29.7 Å². The molecule has 0 aromatic heterocycles. The van der Waals surface area contributed by atoms with Crippen molar-refractivity contribution >= 4 is 35.8 Å². The van der Waals surface area contributed by atoms with Crippen molar-refractivity contribution in [1.29, 1.82) is 0 Å². The highest BCUT2D eigenvalue weighted by Gasteiger charge is 2.25. The highest BCUT2D eigenvalue weighted by atomic mass is 127. The average Bonchev–Trinajstić information content (AvgIpc) is 3.13. The molecule has 6 nitrogen and oxygen atoms in total. The smallest absolute Gasteiger partial charge is 0.222 e. The number of carbonyl (C=O) groups excluding carboxylic acids is 1. The van der Waals surface area contributed by atoms with Gasteiger partial charge in [0.2, 0.25) is 5.91 Å². The molecule has 7 heteroatoms. The number of guanidine groups is 1. The van der Waals surface area contributed by atoms with Crippen LogP contribution in [0.4, 0.5) is 0 Å². The van der Waals surface area contributed by atoms with Gasteiger partial charge in [0, 0.05) is 38.7 Å². The zero-order chi connectivity index (χ0) is 18.8. The van der Waals surface area contributed by atoms with Crippen LogP contribution in [0.3, 0.4) is 0 Å². The monoisotopic (exact) mass is 488 g/mol. The normalized spacial score (nSPS) is 16.8. The molecule has 1 fully saturated rings. The van der Waals surface area contributed by atoms with Gasteiger partial charge in [0.1, 0.15) is 0 Å². The lowest BCUT2D eigenvalue weighted by Gasteiger charge is -2.19. The van der Waals surface area contributed by atoms with Gasteiger partial charge in [-0.15, -0.1) is 24.0 Å². The van der Waals surface area contributed by atoms with E-state index < -0.39 is 0 Å². The van der Waals surface area contributed by atoms with Crippen molar-refractivity contribution in [2.24, 2.45) is 4.99 Å². The summed E-state index contributed by atoms with van der Waals surface area (Å²) < 4.78 is 5.55. The van der Waals surface area contributed by atoms with E-state index in [1.54, 1.807) is 0 Å². The molecule has 0 saturated carbocycles. The molecule has 1 aromatic rings. The number of likely N-dealkylation sites (tertiary alicyclic amines) is 1. The van der Waals surface area contributed by atoms with Crippen LogP contribution in [-0.2, 0) is 22.7 Å². The predicted molar refractivity (Wildman–Crippen MR) is 120 cm³/mol. The third kappa shape index (κ3) is 7.65. The largest absolute Gasteiger partial charge is 0.377 e. The summed E-state index contributed by atoms with van der Waals surface area (Å²) in [6.45, 7) is 10.3. The Balaban J connectivity index is 0.00000364. The summed E-state index contributed by atoms with van der Waals surface area (Å²) in [5, 5.41) is 6.78. The maximum atomic E-state index is 11.8. The van der Waals surface area contributed by atoms with Crippen molar-refractivity contribution in [1.82, 2.24) is 15.5 Å². The minimum absolute atomic E-state index is 0. The van der Waals surface area contributed by atoms with Crippen molar-refractivity contribution < 1.29 is 9.53 Å². The Kier molecular flexibility index (Phi) is 11.3. The second-order valence-electron chi connectivity index (χ2n) is 6.42. The van der Waals surface area contributed by atoms with Gasteiger partial charge in [0.15, 0.2) is 5.96 Å². The van der Waals surface area contributed by atoms with Crippen LogP contribution in [0.25, 0.3) is 0 Å². The van der Waals surface area contributed by atoms with E-state index in [-0.39, 0.29) is 35.9 Å². The topological polar surface area (TPSA) is 66.0 Å². The van der Waals surface area contributed by atoms with E-state index in [9.17, 15) is 4.79 Å². The van der Waals surface area contributed by atoms with E-state index >= 15 is 0 Å². The van der Waals surface area contributed by atoms with Crippen LogP contribution < -0.4 is 10.6 Å².